The Bertz CT molecular complexity index is 1330. The van der Waals surface area contributed by atoms with Crippen molar-refractivity contribution in [2.75, 3.05) is 6.61 Å². The Labute approximate surface area is 227 Å². The number of benzene rings is 1. The first-order chi connectivity index (χ1) is 18.9. The zero-order valence-corrected chi connectivity index (χ0v) is 22.2. The number of piperidine rings is 2. The number of nitrogens with zero attached hydrogens (tertiary/aromatic N) is 4. The van der Waals surface area contributed by atoms with Gasteiger partial charge in [-0.25, -0.2) is 9.78 Å². The molecule has 1 aromatic carbocycles. The molecular weight excluding hydrogens is 498 g/mol. The van der Waals surface area contributed by atoms with E-state index in [2.05, 4.69) is 15.0 Å². The van der Waals surface area contributed by atoms with Gasteiger partial charge in [0.05, 0.1) is 11.0 Å². The van der Waals surface area contributed by atoms with E-state index in [1.165, 1.54) is 44.9 Å². The third-order valence-corrected chi connectivity index (χ3v) is 9.48. The molecule has 208 valence electrons. The van der Waals surface area contributed by atoms with Crippen molar-refractivity contribution >= 4 is 28.6 Å². The molecule has 3 N–H and O–H groups in total. The van der Waals surface area contributed by atoms with Gasteiger partial charge in [0.15, 0.2) is 12.3 Å². The fourth-order valence-electron chi connectivity index (χ4n) is 8.15. The Balaban J connectivity index is 1.35. The van der Waals surface area contributed by atoms with E-state index in [1.54, 1.807) is 10.6 Å². The van der Waals surface area contributed by atoms with E-state index in [0.29, 0.717) is 29.2 Å². The van der Waals surface area contributed by atoms with Crippen LogP contribution in [0.25, 0.3) is 11.0 Å². The summed E-state index contributed by atoms with van der Waals surface area (Å²) in [4.78, 5) is 49.2. The van der Waals surface area contributed by atoms with E-state index in [9.17, 15) is 19.5 Å². The summed E-state index contributed by atoms with van der Waals surface area (Å²) in [5, 5.41) is 13.4. The van der Waals surface area contributed by atoms with E-state index in [0.717, 1.165) is 37.5 Å². The molecule has 10 nitrogen and oxygen atoms in total. The van der Waals surface area contributed by atoms with Crippen molar-refractivity contribution in [1.82, 2.24) is 14.5 Å². The predicted molar refractivity (Wildman–Crippen MR) is 145 cm³/mol. The number of hydrogen-bond donors (Lipinski definition) is 2. The van der Waals surface area contributed by atoms with Crippen LogP contribution < -0.4 is 11.3 Å². The Kier molecular flexibility index (Phi) is 7.14. The van der Waals surface area contributed by atoms with Crippen LogP contribution in [0.2, 0.25) is 0 Å². The number of hydrogen-bond acceptors (Lipinski definition) is 7. The third-order valence-electron chi connectivity index (χ3n) is 9.48. The molecule has 3 heterocycles. The van der Waals surface area contributed by atoms with Gasteiger partial charge in [-0.15, -0.1) is 0 Å². The average molecular weight is 536 g/mol. The van der Waals surface area contributed by atoms with Crippen LogP contribution in [-0.4, -0.2) is 61.9 Å². The molecule has 4 unspecified atom stereocenters. The van der Waals surface area contributed by atoms with Gasteiger partial charge in [0.1, 0.15) is 0 Å². The number of carbonyl (C=O) groups excluding carboxylic acids is 1. The number of carboxylic acids is 1. The van der Waals surface area contributed by atoms with E-state index >= 15 is 0 Å². The van der Waals surface area contributed by atoms with Gasteiger partial charge < -0.3 is 20.2 Å². The third kappa shape index (κ3) is 5.06. The highest BCUT2D eigenvalue weighted by molar-refractivity contribution is 6.41. The largest absolute Gasteiger partial charge is 0.476 e. The number of fused-ring (bicyclic) bond motifs is 5. The lowest BCUT2D eigenvalue weighted by molar-refractivity contribution is -0.130. The van der Waals surface area contributed by atoms with Crippen molar-refractivity contribution < 1.29 is 19.5 Å². The summed E-state index contributed by atoms with van der Waals surface area (Å²) in [5.41, 5.74) is 4.87. The summed E-state index contributed by atoms with van der Waals surface area (Å²) in [7, 11) is 0. The van der Waals surface area contributed by atoms with Crippen LogP contribution in [0.1, 0.15) is 82.4 Å². The normalized spacial score (nSPS) is 31.1. The van der Waals surface area contributed by atoms with Crippen LogP contribution in [0.3, 0.4) is 0 Å². The fourth-order valence-corrected chi connectivity index (χ4v) is 8.15. The van der Waals surface area contributed by atoms with Crippen molar-refractivity contribution in [2.45, 2.75) is 94.8 Å². The standard InChI is InChI=1S/C29H37N5O5/c30-25(35)16-39-32-27(29(37)38)26-28(36)34(24-10-2-1-9-23(24)31-26)22-14-19-7-4-8-20(15-22)33(19)21-12-17-5-3-6-18(11-17)13-21/h1-2,9-10,17-22H,3-8,11-16H2,(H2,30,35)(H,37,38)/t17?,18?,19-,20?,21?,22?/m1/s1. The quantitative estimate of drug-likeness (QED) is 0.410. The molecule has 39 heavy (non-hydrogen) atoms. The molecule has 10 heteroatoms. The van der Waals surface area contributed by atoms with E-state index in [1.807, 2.05) is 18.2 Å². The van der Waals surface area contributed by atoms with Crippen LogP contribution in [0.5, 0.6) is 0 Å². The van der Waals surface area contributed by atoms with E-state index < -0.39 is 29.8 Å². The Morgan fingerprint density at radius 2 is 1.62 bits per heavy atom. The van der Waals surface area contributed by atoms with E-state index in [-0.39, 0.29) is 11.7 Å². The van der Waals surface area contributed by atoms with E-state index in [4.69, 9.17) is 10.6 Å². The summed E-state index contributed by atoms with van der Waals surface area (Å²) >= 11 is 0. The summed E-state index contributed by atoms with van der Waals surface area (Å²) in [6.07, 6.45) is 13.3. The summed E-state index contributed by atoms with van der Waals surface area (Å²) in [5.74, 6) is -0.533. The molecule has 2 aromatic rings. The van der Waals surface area contributed by atoms with Crippen molar-refractivity contribution in [3.8, 4) is 0 Å². The van der Waals surface area contributed by atoms with Gasteiger partial charge in [0, 0.05) is 24.2 Å². The minimum absolute atomic E-state index is 0.0691. The number of carboxylic acid groups (broad SMARTS) is 1. The molecule has 0 spiro atoms. The summed E-state index contributed by atoms with van der Waals surface area (Å²) in [6, 6.07) is 8.74. The van der Waals surface area contributed by atoms with Gasteiger partial charge in [0.25, 0.3) is 11.5 Å². The number of primary amides is 1. The number of amides is 1. The molecule has 0 radical (unpaired) electrons. The number of nitrogens with two attached hydrogens (primary N) is 1. The molecule has 4 aliphatic rings. The molecule has 4 bridgehead atoms. The molecular formula is C29H37N5O5. The molecule has 5 atom stereocenters. The Morgan fingerprint density at radius 3 is 2.28 bits per heavy atom. The molecule has 1 aromatic heterocycles. The van der Waals surface area contributed by atoms with Crippen LogP contribution >= 0.6 is 0 Å². The van der Waals surface area contributed by atoms with Crippen molar-refractivity contribution in [3.05, 3.63) is 40.3 Å². The molecule has 2 aliphatic heterocycles. The number of carbonyl (C=O) groups is 2. The topological polar surface area (TPSA) is 140 Å². The molecule has 4 fully saturated rings. The van der Waals surface area contributed by atoms with Gasteiger partial charge in [-0.3, -0.25) is 14.5 Å². The number of aliphatic carboxylic acids is 1. The lowest BCUT2D eigenvalue weighted by atomic mass is 9.68. The number of para-hydroxylation sites is 2. The first-order valence-electron chi connectivity index (χ1n) is 14.4. The average Bonchev–Trinajstić information content (AvgIpc) is 2.90. The summed E-state index contributed by atoms with van der Waals surface area (Å²) in [6.45, 7) is -0.594. The number of aromatic nitrogens is 2. The highest BCUT2D eigenvalue weighted by atomic mass is 16.6. The number of oxime groups is 1. The van der Waals surface area contributed by atoms with Crippen molar-refractivity contribution in [2.24, 2.45) is 22.7 Å². The maximum absolute atomic E-state index is 14.0. The van der Waals surface area contributed by atoms with Gasteiger partial charge in [-0.05, 0) is 68.9 Å². The first-order valence-corrected chi connectivity index (χ1v) is 14.4. The first kappa shape index (κ1) is 26.0. The molecule has 2 aliphatic carbocycles. The Hall–Kier alpha value is -3.27. The second kappa shape index (κ2) is 10.7. The maximum Gasteiger partial charge on any atom is 0.360 e. The van der Waals surface area contributed by atoms with Gasteiger partial charge in [-0.2, -0.15) is 0 Å². The highest BCUT2D eigenvalue weighted by Crippen LogP contribution is 2.47. The van der Waals surface area contributed by atoms with Gasteiger partial charge >= 0.3 is 5.97 Å². The second-order valence-corrected chi connectivity index (χ2v) is 11.9. The lowest BCUT2D eigenvalue weighted by Gasteiger charge is -2.55. The van der Waals surface area contributed by atoms with Crippen molar-refractivity contribution in [3.63, 3.8) is 0 Å². The van der Waals surface area contributed by atoms with Crippen LogP contribution in [0.4, 0.5) is 0 Å². The zero-order valence-electron chi connectivity index (χ0n) is 22.2. The second-order valence-electron chi connectivity index (χ2n) is 11.9. The lowest BCUT2D eigenvalue weighted by Crippen LogP contribution is -2.58. The maximum atomic E-state index is 14.0. The minimum Gasteiger partial charge on any atom is -0.476 e. The molecule has 2 saturated carbocycles. The fraction of sp³-hybridized carbons (Fsp3) is 0.621. The van der Waals surface area contributed by atoms with Gasteiger partial charge in [-0.1, -0.05) is 43.0 Å². The van der Waals surface area contributed by atoms with Gasteiger partial charge in [0.2, 0.25) is 5.71 Å². The smallest absolute Gasteiger partial charge is 0.360 e. The number of rotatable bonds is 7. The highest BCUT2D eigenvalue weighted by Gasteiger charge is 2.45. The van der Waals surface area contributed by atoms with Crippen LogP contribution in [0, 0.1) is 11.8 Å². The summed E-state index contributed by atoms with van der Waals surface area (Å²) < 4.78 is 1.75. The monoisotopic (exact) mass is 535 g/mol. The predicted octanol–water partition coefficient (Wildman–Crippen LogP) is 3.21. The molecule has 2 saturated heterocycles. The van der Waals surface area contributed by atoms with Crippen LogP contribution in [-0.2, 0) is 14.4 Å². The SMILES string of the molecule is NC(=O)CON=C(C(=O)O)c1nc2ccccc2n(C2CC3CCC[C@H](C2)N3C2CC3CCCC(C3)C2)c1=O. The Morgan fingerprint density at radius 1 is 0.949 bits per heavy atom. The molecule has 6 rings (SSSR count). The van der Waals surface area contributed by atoms with Crippen LogP contribution in [0.15, 0.2) is 34.2 Å². The van der Waals surface area contributed by atoms with Crippen molar-refractivity contribution in [1.29, 1.82) is 0 Å². The zero-order chi connectivity index (χ0) is 27.1. The minimum atomic E-state index is -1.46. The molecule has 1 amide bonds.